The van der Waals surface area contributed by atoms with Crippen molar-refractivity contribution in [2.24, 2.45) is 4.99 Å². The second kappa shape index (κ2) is 8.01. The molecule has 0 saturated heterocycles. The molecule has 0 radical (unpaired) electrons. The Morgan fingerprint density at radius 1 is 1.00 bits per heavy atom. The lowest BCUT2D eigenvalue weighted by atomic mass is 10.1. The van der Waals surface area contributed by atoms with Gasteiger partial charge in [-0.3, -0.25) is 9.69 Å². The van der Waals surface area contributed by atoms with Crippen molar-refractivity contribution in [2.75, 3.05) is 12.0 Å². The number of rotatable bonds is 4. The molecular formula is C23H16BrFN2O2. The minimum atomic E-state index is -0.371. The number of amidine groups is 1. The fraction of sp³-hybridized carbons (Fsp3) is 0.0435. The number of methoxy groups -OCH3 is 1. The van der Waals surface area contributed by atoms with Gasteiger partial charge in [-0.05, 0) is 42.5 Å². The second-order valence-electron chi connectivity index (χ2n) is 6.30. The van der Waals surface area contributed by atoms with Gasteiger partial charge in [-0.2, -0.15) is 0 Å². The quantitative estimate of drug-likeness (QED) is 0.497. The largest absolute Gasteiger partial charge is 0.496 e. The van der Waals surface area contributed by atoms with Crippen LogP contribution in [0, 0.1) is 5.82 Å². The van der Waals surface area contributed by atoms with Gasteiger partial charge in [0.15, 0.2) is 0 Å². The van der Waals surface area contributed by atoms with Gasteiger partial charge in [0.1, 0.15) is 23.1 Å². The first-order chi connectivity index (χ1) is 14.1. The molecule has 1 aliphatic heterocycles. The maximum atomic E-state index is 13.4. The molecule has 0 N–H and O–H groups in total. The average molecular weight is 451 g/mol. The van der Waals surface area contributed by atoms with Gasteiger partial charge in [-0.15, -0.1) is 0 Å². The Morgan fingerprint density at radius 2 is 1.69 bits per heavy atom. The highest BCUT2D eigenvalue weighted by atomic mass is 79.9. The van der Waals surface area contributed by atoms with Crippen molar-refractivity contribution in [3.8, 4) is 5.75 Å². The number of carbonyl (C=O) groups is 1. The summed E-state index contributed by atoms with van der Waals surface area (Å²) in [5, 5.41) is 0. The van der Waals surface area contributed by atoms with Crippen LogP contribution in [-0.4, -0.2) is 18.9 Å². The van der Waals surface area contributed by atoms with E-state index in [4.69, 9.17) is 4.74 Å². The molecule has 1 amide bonds. The first-order valence-electron chi connectivity index (χ1n) is 8.87. The summed E-state index contributed by atoms with van der Waals surface area (Å²) in [5.74, 6) is 0.443. The van der Waals surface area contributed by atoms with E-state index in [1.54, 1.807) is 25.3 Å². The number of amides is 1. The Labute approximate surface area is 176 Å². The van der Waals surface area contributed by atoms with E-state index in [2.05, 4.69) is 20.9 Å². The fourth-order valence-corrected chi connectivity index (χ4v) is 3.56. The molecule has 29 heavy (non-hydrogen) atoms. The molecule has 0 aromatic heterocycles. The summed E-state index contributed by atoms with van der Waals surface area (Å²) in [6, 6.07) is 20.7. The van der Waals surface area contributed by atoms with Crippen LogP contribution in [0.5, 0.6) is 5.75 Å². The molecule has 1 heterocycles. The van der Waals surface area contributed by atoms with E-state index in [-0.39, 0.29) is 17.4 Å². The van der Waals surface area contributed by atoms with Gasteiger partial charge >= 0.3 is 0 Å². The molecule has 0 aliphatic carbocycles. The number of ether oxygens (including phenoxy) is 1. The van der Waals surface area contributed by atoms with Crippen molar-refractivity contribution in [1.29, 1.82) is 0 Å². The summed E-state index contributed by atoms with van der Waals surface area (Å²) >= 11 is 3.53. The van der Waals surface area contributed by atoms with Gasteiger partial charge in [0.25, 0.3) is 5.91 Å². The highest BCUT2D eigenvalue weighted by Gasteiger charge is 2.33. The van der Waals surface area contributed by atoms with Gasteiger partial charge in [0.05, 0.1) is 12.8 Å². The van der Waals surface area contributed by atoms with Crippen LogP contribution in [0.3, 0.4) is 0 Å². The lowest BCUT2D eigenvalue weighted by molar-refractivity contribution is -0.113. The Hall–Kier alpha value is -3.25. The predicted octanol–water partition coefficient (Wildman–Crippen LogP) is 5.43. The number of aliphatic imine (C=N–C) groups is 1. The van der Waals surface area contributed by atoms with Crippen molar-refractivity contribution in [2.45, 2.75) is 0 Å². The van der Waals surface area contributed by atoms with E-state index in [9.17, 15) is 9.18 Å². The van der Waals surface area contributed by atoms with Crippen LogP contribution in [0.4, 0.5) is 10.1 Å². The van der Waals surface area contributed by atoms with Crippen LogP contribution in [0.25, 0.3) is 6.08 Å². The van der Waals surface area contributed by atoms with E-state index in [1.165, 1.54) is 17.0 Å². The summed E-state index contributed by atoms with van der Waals surface area (Å²) in [7, 11) is 1.58. The maximum absolute atomic E-state index is 13.4. The molecule has 0 spiro atoms. The minimum absolute atomic E-state index is 0.268. The molecule has 4 nitrogen and oxygen atoms in total. The summed E-state index contributed by atoms with van der Waals surface area (Å²) in [5.41, 5.74) is 2.31. The first-order valence-corrected chi connectivity index (χ1v) is 9.66. The zero-order valence-corrected chi connectivity index (χ0v) is 17.1. The smallest absolute Gasteiger partial charge is 0.282 e. The molecule has 3 aromatic rings. The van der Waals surface area contributed by atoms with Crippen molar-refractivity contribution in [3.63, 3.8) is 0 Å². The molecule has 0 bridgehead atoms. The minimum Gasteiger partial charge on any atom is -0.496 e. The number of benzene rings is 3. The van der Waals surface area contributed by atoms with E-state index in [1.807, 2.05) is 48.5 Å². The van der Waals surface area contributed by atoms with Crippen molar-refractivity contribution in [1.82, 2.24) is 0 Å². The first kappa shape index (κ1) is 19.1. The van der Waals surface area contributed by atoms with Gasteiger partial charge in [0, 0.05) is 15.6 Å². The Morgan fingerprint density at radius 3 is 2.41 bits per heavy atom. The van der Waals surface area contributed by atoms with Crippen LogP contribution in [0.1, 0.15) is 11.1 Å². The third kappa shape index (κ3) is 3.71. The van der Waals surface area contributed by atoms with Crippen molar-refractivity contribution in [3.05, 3.63) is 99.9 Å². The van der Waals surface area contributed by atoms with E-state index < -0.39 is 0 Å². The SMILES string of the molecule is COc1ccccc1/C=C1/N=C(c2ccccc2Br)N(c2ccc(F)cc2)C1=O. The van der Waals surface area contributed by atoms with Crippen molar-refractivity contribution < 1.29 is 13.9 Å². The van der Waals surface area contributed by atoms with Crippen LogP contribution in [-0.2, 0) is 4.79 Å². The van der Waals surface area contributed by atoms with Gasteiger partial charge < -0.3 is 4.74 Å². The summed E-state index contributed by atoms with van der Waals surface area (Å²) in [6.45, 7) is 0. The van der Waals surface area contributed by atoms with Gasteiger partial charge in [-0.1, -0.05) is 52.3 Å². The lowest BCUT2D eigenvalue weighted by Crippen LogP contribution is -2.32. The summed E-state index contributed by atoms with van der Waals surface area (Å²) in [4.78, 5) is 19.4. The van der Waals surface area contributed by atoms with Crippen LogP contribution >= 0.6 is 15.9 Å². The molecule has 3 aromatic carbocycles. The number of para-hydroxylation sites is 1. The molecule has 0 unspecified atom stereocenters. The lowest BCUT2D eigenvalue weighted by Gasteiger charge is -2.19. The van der Waals surface area contributed by atoms with Gasteiger partial charge in [-0.25, -0.2) is 9.38 Å². The maximum Gasteiger partial charge on any atom is 0.282 e. The number of hydrogen-bond acceptors (Lipinski definition) is 3. The van der Waals surface area contributed by atoms with E-state index >= 15 is 0 Å². The number of anilines is 1. The predicted molar refractivity (Wildman–Crippen MR) is 116 cm³/mol. The number of carbonyl (C=O) groups excluding carboxylic acids is 1. The third-order valence-electron chi connectivity index (χ3n) is 4.49. The highest BCUT2D eigenvalue weighted by Crippen LogP contribution is 2.31. The molecule has 0 fully saturated rings. The van der Waals surface area contributed by atoms with E-state index in [0.717, 1.165) is 15.6 Å². The molecule has 0 saturated carbocycles. The van der Waals surface area contributed by atoms with Gasteiger partial charge in [0.2, 0.25) is 0 Å². The topological polar surface area (TPSA) is 41.9 Å². The standard InChI is InChI=1S/C23H16BrFN2O2/c1-29-21-9-5-2-6-15(21)14-20-23(28)27(17-12-10-16(25)11-13-17)22(26-20)18-7-3-4-8-19(18)24/h2-14H,1H3/b20-14+. The average Bonchev–Trinajstić information content (AvgIpc) is 3.05. The Kier molecular flexibility index (Phi) is 5.27. The molecule has 6 heteroatoms. The molecular weight excluding hydrogens is 435 g/mol. The zero-order valence-electron chi connectivity index (χ0n) is 15.5. The van der Waals surface area contributed by atoms with Crippen LogP contribution in [0.2, 0.25) is 0 Å². The van der Waals surface area contributed by atoms with Crippen molar-refractivity contribution >= 4 is 39.4 Å². The highest BCUT2D eigenvalue weighted by molar-refractivity contribution is 9.10. The monoisotopic (exact) mass is 450 g/mol. The normalized spacial score (nSPS) is 15.0. The summed E-state index contributed by atoms with van der Waals surface area (Å²) < 4.78 is 19.6. The zero-order chi connectivity index (χ0) is 20.4. The molecule has 144 valence electrons. The second-order valence-corrected chi connectivity index (χ2v) is 7.16. The molecule has 0 atom stereocenters. The Balaban J connectivity index is 1.86. The van der Waals surface area contributed by atoms with E-state index in [0.29, 0.717) is 17.3 Å². The molecule has 4 rings (SSSR count). The van der Waals surface area contributed by atoms with Crippen LogP contribution < -0.4 is 9.64 Å². The number of hydrogen-bond donors (Lipinski definition) is 0. The summed E-state index contributed by atoms with van der Waals surface area (Å²) in [6.07, 6.45) is 1.70. The molecule has 1 aliphatic rings. The fourth-order valence-electron chi connectivity index (χ4n) is 3.10. The Bertz CT molecular complexity index is 1140. The third-order valence-corrected chi connectivity index (χ3v) is 5.18. The number of halogens is 2. The number of nitrogens with zero attached hydrogens (tertiary/aromatic N) is 2. The van der Waals surface area contributed by atoms with Crippen LogP contribution in [0.15, 0.2) is 88.0 Å².